The second kappa shape index (κ2) is 6.24. The van der Waals surface area contributed by atoms with E-state index in [1.165, 1.54) is 5.56 Å². The van der Waals surface area contributed by atoms with E-state index in [4.69, 9.17) is 5.73 Å². The lowest BCUT2D eigenvalue weighted by atomic mass is 10.1. The number of imidazole rings is 1. The van der Waals surface area contributed by atoms with Gasteiger partial charge in [-0.1, -0.05) is 58.4 Å². The molecular formula is C17H16BrN3. The van der Waals surface area contributed by atoms with Crippen LogP contribution in [0.5, 0.6) is 0 Å². The van der Waals surface area contributed by atoms with Crippen LogP contribution in [-0.2, 0) is 0 Å². The highest BCUT2D eigenvalue weighted by Gasteiger charge is 2.16. The van der Waals surface area contributed by atoms with E-state index in [0.717, 1.165) is 15.9 Å². The van der Waals surface area contributed by atoms with E-state index >= 15 is 0 Å². The van der Waals surface area contributed by atoms with Gasteiger partial charge in [0.05, 0.1) is 6.04 Å². The molecule has 0 bridgehead atoms. The van der Waals surface area contributed by atoms with E-state index in [1.54, 1.807) is 0 Å². The standard InChI is InChI=1S/C17H16BrN3/c18-15-8-6-13(7-9-15)16(12-19)21-11-10-20-17(21)14-4-2-1-3-5-14/h1-11,16H,12,19H2. The number of hydrogen-bond acceptors (Lipinski definition) is 2. The normalized spacial score (nSPS) is 12.3. The van der Waals surface area contributed by atoms with Crippen LogP contribution in [0.1, 0.15) is 11.6 Å². The number of aromatic nitrogens is 2. The molecule has 0 aliphatic carbocycles. The summed E-state index contributed by atoms with van der Waals surface area (Å²) >= 11 is 3.47. The molecule has 2 N–H and O–H groups in total. The number of hydrogen-bond donors (Lipinski definition) is 1. The highest BCUT2D eigenvalue weighted by molar-refractivity contribution is 9.10. The molecule has 2 aromatic carbocycles. The van der Waals surface area contributed by atoms with Gasteiger partial charge in [-0.3, -0.25) is 0 Å². The SMILES string of the molecule is NCC(c1ccc(Br)cc1)n1ccnc1-c1ccccc1. The molecule has 1 heterocycles. The summed E-state index contributed by atoms with van der Waals surface area (Å²) in [6.45, 7) is 0.526. The van der Waals surface area contributed by atoms with Crippen LogP contribution in [0.25, 0.3) is 11.4 Å². The quantitative estimate of drug-likeness (QED) is 0.782. The van der Waals surface area contributed by atoms with Gasteiger partial charge >= 0.3 is 0 Å². The molecule has 3 rings (SSSR count). The van der Waals surface area contributed by atoms with Gasteiger partial charge in [-0.25, -0.2) is 4.98 Å². The Morgan fingerprint density at radius 3 is 2.43 bits per heavy atom. The number of benzene rings is 2. The second-order valence-corrected chi connectivity index (χ2v) is 5.74. The topological polar surface area (TPSA) is 43.8 Å². The minimum absolute atomic E-state index is 0.0795. The molecule has 0 saturated carbocycles. The molecule has 0 amide bonds. The highest BCUT2D eigenvalue weighted by Crippen LogP contribution is 2.26. The fourth-order valence-electron chi connectivity index (χ4n) is 2.47. The number of rotatable bonds is 4. The van der Waals surface area contributed by atoms with Crippen LogP contribution < -0.4 is 5.73 Å². The first-order valence-corrected chi connectivity index (χ1v) is 7.62. The summed E-state index contributed by atoms with van der Waals surface area (Å²) < 4.78 is 3.20. The van der Waals surface area contributed by atoms with Crippen LogP contribution in [0.2, 0.25) is 0 Å². The van der Waals surface area contributed by atoms with E-state index in [2.05, 4.69) is 49.7 Å². The molecule has 3 aromatic rings. The van der Waals surface area contributed by atoms with Crippen molar-refractivity contribution in [2.75, 3.05) is 6.54 Å². The lowest BCUT2D eigenvalue weighted by Crippen LogP contribution is -2.20. The van der Waals surface area contributed by atoms with E-state index in [9.17, 15) is 0 Å². The second-order valence-electron chi connectivity index (χ2n) is 4.83. The van der Waals surface area contributed by atoms with E-state index in [1.807, 2.05) is 42.7 Å². The van der Waals surface area contributed by atoms with Crippen LogP contribution in [-0.4, -0.2) is 16.1 Å². The van der Waals surface area contributed by atoms with Crippen LogP contribution in [0, 0.1) is 0 Å². The molecule has 1 aromatic heterocycles. The van der Waals surface area contributed by atoms with Crippen molar-refractivity contribution in [1.82, 2.24) is 9.55 Å². The van der Waals surface area contributed by atoms with Crippen molar-refractivity contribution < 1.29 is 0 Å². The fraction of sp³-hybridized carbons (Fsp3) is 0.118. The molecular weight excluding hydrogens is 326 g/mol. The summed E-state index contributed by atoms with van der Waals surface area (Å²) in [5.41, 5.74) is 8.29. The maximum atomic E-state index is 6.02. The lowest BCUT2D eigenvalue weighted by molar-refractivity contribution is 0.600. The van der Waals surface area contributed by atoms with E-state index < -0.39 is 0 Å². The van der Waals surface area contributed by atoms with Crippen LogP contribution >= 0.6 is 15.9 Å². The summed E-state index contributed by atoms with van der Waals surface area (Å²) in [5.74, 6) is 0.939. The molecule has 0 fully saturated rings. The Hall–Kier alpha value is -1.91. The number of halogens is 1. The maximum Gasteiger partial charge on any atom is 0.140 e. The minimum Gasteiger partial charge on any atom is -0.328 e. The molecule has 4 heteroatoms. The Labute approximate surface area is 132 Å². The van der Waals surface area contributed by atoms with Gasteiger partial charge in [0, 0.05) is 29.0 Å². The maximum absolute atomic E-state index is 6.02. The summed E-state index contributed by atoms with van der Waals surface area (Å²) in [7, 11) is 0. The lowest BCUT2D eigenvalue weighted by Gasteiger charge is -2.20. The first kappa shape index (κ1) is 14.0. The Bertz CT molecular complexity index is 704. The van der Waals surface area contributed by atoms with Crippen molar-refractivity contribution in [3.8, 4) is 11.4 Å². The minimum atomic E-state index is 0.0795. The Morgan fingerprint density at radius 2 is 1.76 bits per heavy atom. The molecule has 1 unspecified atom stereocenters. The predicted molar refractivity (Wildman–Crippen MR) is 89.0 cm³/mol. The third kappa shape index (κ3) is 2.91. The average molecular weight is 342 g/mol. The average Bonchev–Trinajstić information content (AvgIpc) is 3.00. The highest BCUT2D eigenvalue weighted by atomic mass is 79.9. The van der Waals surface area contributed by atoms with Gasteiger partial charge in [-0.2, -0.15) is 0 Å². The van der Waals surface area contributed by atoms with Crippen molar-refractivity contribution >= 4 is 15.9 Å². The number of nitrogens with zero attached hydrogens (tertiary/aromatic N) is 2. The summed E-state index contributed by atoms with van der Waals surface area (Å²) in [4.78, 5) is 4.50. The molecule has 3 nitrogen and oxygen atoms in total. The Morgan fingerprint density at radius 1 is 1.05 bits per heavy atom. The van der Waals surface area contributed by atoms with Crippen molar-refractivity contribution in [3.05, 3.63) is 77.0 Å². The van der Waals surface area contributed by atoms with Crippen LogP contribution in [0.4, 0.5) is 0 Å². The Balaban J connectivity index is 2.03. The zero-order valence-corrected chi connectivity index (χ0v) is 13.1. The largest absolute Gasteiger partial charge is 0.328 e. The summed E-state index contributed by atoms with van der Waals surface area (Å²) in [6.07, 6.45) is 3.81. The van der Waals surface area contributed by atoms with Crippen molar-refractivity contribution in [3.63, 3.8) is 0 Å². The number of nitrogens with two attached hydrogens (primary N) is 1. The molecule has 21 heavy (non-hydrogen) atoms. The molecule has 0 aliphatic rings. The van der Waals surface area contributed by atoms with Gasteiger partial charge < -0.3 is 10.3 Å². The first-order valence-electron chi connectivity index (χ1n) is 6.83. The van der Waals surface area contributed by atoms with Crippen molar-refractivity contribution in [1.29, 1.82) is 0 Å². The molecule has 106 valence electrons. The molecule has 0 radical (unpaired) electrons. The van der Waals surface area contributed by atoms with Gasteiger partial charge in [-0.05, 0) is 17.7 Å². The molecule has 0 aliphatic heterocycles. The zero-order chi connectivity index (χ0) is 14.7. The van der Waals surface area contributed by atoms with Gasteiger partial charge in [0.2, 0.25) is 0 Å². The van der Waals surface area contributed by atoms with Crippen LogP contribution in [0.3, 0.4) is 0 Å². The van der Waals surface area contributed by atoms with Gasteiger partial charge in [-0.15, -0.1) is 0 Å². The van der Waals surface area contributed by atoms with Gasteiger partial charge in [0.15, 0.2) is 0 Å². The van der Waals surface area contributed by atoms with E-state index in [0.29, 0.717) is 6.54 Å². The van der Waals surface area contributed by atoms with Crippen molar-refractivity contribution in [2.45, 2.75) is 6.04 Å². The molecule has 1 atom stereocenters. The summed E-state index contributed by atoms with van der Waals surface area (Å²) in [5, 5.41) is 0. The molecule has 0 saturated heterocycles. The van der Waals surface area contributed by atoms with E-state index in [-0.39, 0.29) is 6.04 Å². The first-order chi connectivity index (χ1) is 10.3. The smallest absolute Gasteiger partial charge is 0.140 e. The van der Waals surface area contributed by atoms with Crippen molar-refractivity contribution in [2.24, 2.45) is 5.73 Å². The van der Waals surface area contributed by atoms with Gasteiger partial charge in [0.1, 0.15) is 5.82 Å². The zero-order valence-electron chi connectivity index (χ0n) is 11.5. The summed E-state index contributed by atoms with van der Waals surface area (Å²) in [6, 6.07) is 18.5. The Kier molecular flexibility index (Phi) is 4.18. The third-order valence-corrected chi connectivity index (χ3v) is 4.04. The monoisotopic (exact) mass is 341 g/mol. The third-order valence-electron chi connectivity index (χ3n) is 3.51. The predicted octanol–water partition coefficient (Wildman–Crippen LogP) is 3.86. The fourth-order valence-corrected chi connectivity index (χ4v) is 2.73. The van der Waals surface area contributed by atoms with Crippen LogP contribution in [0.15, 0.2) is 71.5 Å². The van der Waals surface area contributed by atoms with Gasteiger partial charge in [0.25, 0.3) is 0 Å². The molecule has 0 spiro atoms.